The molecule has 0 aliphatic carbocycles. The third-order valence-corrected chi connectivity index (χ3v) is 6.11. The number of carbonyl (C=O) groups excluding carboxylic acids is 2. The molecule has 0 fully saturated rings. The normalized spacial score (nSPS) is 18.4. The van der Waals surface area contributed by atoms with Crippen molar-refractivity contribution in [2.45, 2.75) is 46.1 Å². The largest absolute Gasteiger partial charge is 0.486 e. The van der Waals surface area contributed by atoms with Crippen LogP contribution in [0.4, 0.5) is 5.69 Å². The molecule has 3 aromatic rings. The lowest BCUT2D eigenvalue weighted by atomic mass is 9.87. The van der Waals surface area contributed by atoms with Crippen molar-refractivity contribution in [3.05, 3.63) is 57.8 Å². The number of ether oxygens (including phenoxy) is 1. The molecule has 29 heavy (non-hydrogen) atoms. The number of benzene rings is 2. The number of halogens is 1. The van der Waals surface area contributed by atoms with Crippen molar-refractivity contribution in [2.75, 3.05) is 5.32 Å². The van der Waals surface area contributed by atoms with Gasteiger partial charge in [0.1, 0.15) is 16.9 Å². The van der Waals surface area contributed by atoms with Gasteiger partial charge in [0.15, 0.2) is 11.5 Å². The summed E-state index contributed by atoms with van der Waals surface area (Å²) in [5.74, 6) is 0.326. The standard InChI is InChI=1S/C23H22ClNO4/c1-5-23(4)11-16(26)20-18(29-23)10-9-17-19(20)13(3)21(28-17)22(27)25-15-8-6-7-14(24)12(15)2/h6-10H,5,11H2,1-4H3,(H,25,27)/t23-/m1/s1. The van der Waals surface area contributed by atoms with E-state index in [-0.39, 0.29) is 17.5 Å². The number of carbonyl (C=O) groups is 2. The smallest absolute Gasteiger partial charge is 0.291 e. The van der Waals surface area contributed by atoms with E-state index >= 15 is 0 Å². The highest BCUT2D eigenvalue weighted by molar-refractivity contribution is 6.31. The lowest BCUT2D eigenvalue weighted by Crippen LogP contribution is -2.38. The summed E-state index contributed by atoms with van der Waals surface area (Å²) in [6.45, 7) is 7.56. The summed E-state index contributed by atoms with van der Waals surface area (Å²) in [5.41, 5.74) is 2.48. The molecule has 1 N–H and O–H groups in total. The van der Waals surface area contributed by atoms with Gasteiger partial charge in [-0.25, -0.2) is 0 Å². The predicted molar refractivity (Wildman–Crippen MR) is 113 cm³/mol. The molecule has 0 saturated heterocycles. The molecule has 0 unspecified atom stereocenters. The van der Waals surface area contributed by atoms with E-state index in [0.29, 0.717) is 45.0 Å². The third-order valence-electron chi connectivity index (χ3n) is 5.70. The van der Waals surface area contributed by atoms with Crippen LogP contribution in [0.2, 0.25) is 5.02 Å². The van der Waals surface area contributed by atoms with Crippen LogP contribution in [0.5, 0.6) is 5.75 Å². The summed E-state index contributed by atoms with van der Waals surface area (Å²) in [6.07, 6.45) is 1.02. The molecular weight excluding hydrogens is 390 g/mol. The summed E-state index contributed by atoms with van der Waals surface area (Å²) in [7, 11) is 0. The number of nitrogens with one attached hydrogen (secondary N) is 1. The zero-order valence-corrected chi connectivity index (χ0v) is 17.6. The van der Waals surface area contributed by atoms with Gasteiger partial charge in [0.05, 0.1) is 12.0 Å². The first-order valence-corrected chi connectivity index (χ1v) is 9.96. The van der Waals surface area contributed by atoms with E-state index in [4.69, 9.17) is 20.8 Å². The van der Waals surface area contributed by atoms with Crippen LogP contribution in [0.15, 0.2) is 34.7 Å². The molecule has 0 spiro atoms. The molecular formula is C23H22ClNO4. The van der Waals surface area contributed by atoms with Crippen LogP contribution < -0.4 is 10.1 Å². The summed E-state index contributed by atoms with van der Waals surface area (Å²) in [5, 5.41) is 4.06. The van der Waals surface area contributed by atoms with Crippen molar-refractivity contribution in [1.29, 1.82) is 0 Å². The molecule has 1 aliphatic heterocycles. The predicted octanol–water partition coefficient (Wildman–Crippen LogP) is 6.09. The number of fused-ring (bicyclic) bond motifs is 3. The second-order valence-corrected chi connectivity index (χ2v) is 8.15. The monoisotopic (exact) mass is 411 g/mol. The number of Topliss-reactive ketones (excluding diaryl/α,β-unsaturated/α-hetero) is 1. The van der Waals surface area contributed by atoms with Crippen LogP contribution in [0.3, 0.4) is 0 Å². The lowest BCUT2D eigenvalue weighted by molar-refractivity contribution is 0.0503. The van der Waals surface area contributed by atoms with E-state index in [1.807, 2.05) is 20.8 Å². The Bertz CT molecular complexity index is 1160. The molecule has 1 aliphatic rings. The van der Waals surface area contributed by atoms with Crippen molar-refractivity contribution >= 4 is 39.9 Å². The van der Waals surface area contributed by atoms with Gasteiger partial charge in [0.2, 0.25) is 0 Å². The van der Waals surface area contributed by atoms with Gasteiger partial charge in [-0.2, -0.15) is 0 Å². The average molecular weight is 412 g/mol. The number of amides is 1. The summed E-state index contributed by atoms with van der Waals surface area (Å²) in [6, 6.07) is 8.81. The summed E-state index contributed by atoms with van der Waals surface area (Å²) >= 11 is 6.14. The van der Waals surface area contributed by atoms with Crippen LogP contribution in [-0.4, -0.2) is 17.3 Å². The van der Waals surface area contributed by atoms with Gasteiger partial charge in [-0.1, -0.05) is 24.6 Å². The van der Waals surface area contributed by atoms with Crippen LogP contribution in [-0.2, 0) is 0 Å². The number of ketones is 1. The number of furan rings is 1. The molecule has 150 valence electrons. The number of hydrogen-bond donors (Lipinski definition) is 1. The number of aryl methyl sites for hydroxylation is 1. The lowest BCUT2D eigenvalue weighted by Gasteiger charge is -2.34. The molecule has 4 rings (SSSR count). The Morgan fingerprint density at radius 3 is 2.69 bits per heavy atom. The minimum absolute atomic E-state index is 0.00254. The van der Waals surface area contributed by atoms with E-state index < -0.39 is 5.60 Å². The quantitative estimate of drug-likeness (QED) is 0.566. The molecule has 0 saturated carbocycles. The van der Waals surface area contributed by atoms with Crippen LogP contribution in [0.25, 0.3) is 11.0 Å². The maximum atomic E-state index is 12.9. The van der Waals surface area contributed by atoms with Crippen molar-refractivity contribution in [2.24, 2.45) is 0 Å². The van der Waals surface area contributed by atoms with Gasteiger partial charge in [0.25, 0.3) is 5.91 Å². The van der Waals surface area contributed by atoms with Gasteiger partial charge in [-0.15, -0.1) is 0 Å². The van der Waals surface area contributed by atoms with Crippen molar-refractivity contribution in [1.82, 2.24) is 0 Å². The Hall–Kier alpha value is -2.79. The van der Waals surface area contributed by atoms with E-state index in [0.717, 1.165) is 12.0 Å². The van der Waals surface area contributed by atoms with E-state index in [9.17, 15) is 9.59 Å². The first kappa shape index (κ1) is 19.5. The Morgan fingerprint density at radius 2 is 1.97 bits per heavy atom. The summed E-state index contributed by atoms with van der Waals surface area (Å²) in [4.78, 5) is 25.8. The second-order valence-electron chi connectivity index (χ2n) is 7.74. The highest BCUT2D eigenvalue weighted by Crippen LogP contribution is 2.41. The van der Waals surface area contributed by atoms with Gasteiger partial charge in [0, 0.05) is 21.7 Å². The van der Waals surface area contributed by atoms with Gasteiger partial charge >= 0.3 is 0 Å². The molecule has 0 radical (unpaired) electrons. The fourth-order valence-electron chi connectivity index (χ4n) is 3.75. The molecule has 2 aromatic carbocycles. The zero-order chi connectivity index (χ0) is 20.9. The fraction of sp³-hybridized carbons (Fsp3) is 0.304. The Balaban J connectivity index is 1.77. The van der Waals surface area contributed by atoms with E-state index in [1.54, 1.807) is 37.3 Å². The SMILES string of the molecule is CC[C@]1(C)CC(=O)c2c(ccc3oc(C(=O)Nc4cccc(Cl)c4C)c(C)c23)O1. The van der Waals surface area contributed by atoms with Crippen LogP contribution in [0, 0.1) is 13.8 Å². The maximum absolute atomic E-state index is 12.9. The number of hydrogen-bond acceptors (Lipinski definition) is 4. The highest BCUT2D eigenvalue weighted by Gasteiger charge is 2.37. The van der Waals surface area contributed by atoms with Gasteiger partial charge in [-0.3, -0.25) is 9.59 Å². The second kappa shape index (κ2) is 6.92. The Kier molecular flexibility index (Phi) is 4.66. The summed E-state index contributed by atoms with van der Waals surface area (Å²) < 4.78 is 12.0. The van der Waals surface area contributed by atoms with Crippen molar-refractivity contribution in [3.63, 3.8) is 0 Å². The molecule has 1 atom stereocenters. The molecule has 1 aromatic heterocycles. The fourth-order valence-corrected chi connectivity index (χ4v) is 3.92. The highest BCUT2D eigenvalue weighted by atomic mass is 35.5. The van der Waals surface area contributed by atoms with Crippen molar-refractivity contribution in [3.8, 4) is 5.75 Å². The number of rotatable bonds is 3. The molecule has 6 heteroatoms. The Labute approximate surface area is 174 Å². The maximum Gasteiger partial charge on any atom is 0.291 e. The van der Waals surface area contributed by atoms with E-state index in [2.05, 4.69) is 5.32 Å². The first-order chi connectivity index (χ1) is 13.7. The zero-order valence-electron chi connectivity index (χ0n) is 16.8. The topological polar surface area (TPSA) is 68.5 Å². The molecule has 1 amide bonds. The van der Waals surface area contributed by atoms with Gasteiger partial charge in [-0.05, 0) is 57.0 Å². The third kappa shape index (κ3) is 3.19. The molecule has 0 bridgehead atoms. The average Bonchev–Trinajstić information content (AvgIpc) is 3.02. The van der Waals surface area contributed by atoms with Gasteiger partial charge < -0.3 is 14.5 Å². The van der Waals surface area contributed by atoms with Crippen LogP contribution >= 0.6 is 11.6 Å². The first-order valence-electron chi connectivity index (χ1n) is 9.59. The minimum Gasteiger partial charge on any atom is -0.486 e. The number of anilines is 1. The van der Waals surface area contributed by atoms with Crippen molar-refractivity contribution < 1.29 is 18.7 Å². The Morgan fingerprint density at radius 1 is 1.21 bits per heavy atom. The van der Waals surface area contributed by atoms with E-state index in [1.165, 1.54) is 0 Å². The molecule has 5 nitrogen and oxygen atoms in total. The van der Waals surface area contributed by atoms with Crippen LogP contribution in [0.1, 0.15) is 58.7 Å². The molecule has 2 heterocycles. The minimum atomic E-state index is -0.514.